The third-order valence-corrected chi connectivity index (χ3v) is 5.88. The van der Waals surface area contributed by atoms with Gasteiger partial charge >= 0.3 is 0 Å². The van der Waals surface area contributed by atoms with Gasteiger partial charge in [-0.3, -0.25) is 9.69 Å². The molecule has 4 heterocycles. The van der Waals surface area contributed by atoms with Gasteiger partial charge in [0, 0.05) is 41.1 Å². The summed E-state index contributed by atoms with van der Waals surface area (Å²) in [6.45, 7) is 4.73. The molecule has 29 heavy (non-hydrogen) atoms. The zero-order valence-electron chi connectivity index (χ0n) is 16.1. The van der Waals surface area contributed by atoms with Gasteiger partial charge in [0.05, 0.1) is 6.54 Å². The number of rotatable bonds is 4. The Balaban J connectivity index is 1.49. The van der Waals surface area contributed by atoms with Crippen molar-refractivity contribution in [2.24, 2.45) is 0 Å². The molecule has 3 aromatic heterocycles. The Labute approximate surface area is 172 Å². The number of pyridine rings is 1. The second-order valence-electron chi connectivity index (χ2n) is 7.23. The van der Waals surface area contributed by atoms with Crippen LogP contribution in [0.5, 0.6) is 0 Å². The van der Waals surface area contributed by atoms with E-state index in [9.17, 15) is 4.79 Å². The number of aromatic nitrogens is 4. The van der Waals surface area contributed by atoms with Crippen molar-refractivity contribution >= 4 is 23.1 Å². The largest absolute Gasteiger partial charge is 0.327 e. The summed E-state index contributed by atoms with van der Waals surface area (Å²) in [5, 5.41) is 2.85. The maximum Gasteiger partial charge on any atom is 0.260 e. The maximum absolute atomic E-state index is 13.1. The van der Waals surface area contributed by atoms with Crippen molar-refractivity contribution in [3.05, 3.63) is 71.5 Å². The van der Waals surface area contributed by atoms with Crippen LogP contribution < -0.4 is 4.90 Å². The number of fused-ring (bicyclic) bond motifs is 1. The number of thiazole rings is 1. The zero-order valence-corrected chi connectivity index (χ0v) is 16.9. The van der Waals surface area contributed by atoms with Crippen LogP contribution in [-0.4, -0.2) is 25.4 Å². The molecule has 1 amide bonds. The minimum absolute atomic E-state index is 0.0322. The molecule has 144 valence electrons. The lowest BCUT2D eigenvalue weighted by molar-refractivity contribution is 0.0996. The lowest BCUT2D eigenvalue weighted by atomic mass is 10.1. The van der Waals surface area contributed by atoms with Gasteiger partial charge in [-0.15, -0.1) is 11.3 Å². The number of benzene rings is 1. The second-order valence-corrected chi connectivity index (χ2v) is 8.13. The van der Waals surface area contributed by atoms with E-state index in [1.165, 1.54) is 0 Å². The van der Waals surface area contributed by atoms with Crippen LogP contribution in [0.4, 0.5) is 5.82 Å². The van der Waals surface area contributed by atoms with E-state index in [4.69, 9.17) is 4.98 Å². The molecule has 1 aliphatic heterocycles. The third-order valence-electron chi connectivity index (χ3n) is 5.06. The Morgan fingerprint density at radius 3 is 2.79 bits per heavy atom. The van der Waals surface area contributed by atoms with Gasteiger partial charge in [-0.25, -0.2) is 15.0 Å². The molecule has 0 N–H and O–H groups in total. The van der Waals surface area contributed by atoms with Crippen LogP contribution in [0.1, 0.15) is 35.8 Å². The summed E-state index contributed by atoms with van der Waals surface area (Å²) in [7, 11) is 0. The Hall–Kier alpha value is -3.32. The van der Waals surface area contributed by atoms with Crippen molar-refractivity contribution in [2.45, 2.75) is 26.4 Å². The molecule has 0 saturated carbocycles. The highest BCUT2D eigenvalue weighted by Gasteiger charge is 2.30. The highest BCUT2D eigenvalue weighted by molar-refractivity contribution is 7.13. The summed E-state index contributed by atoms with van der Waals surface area (Å²) < 4.78 is 2.08. The minimum atomic E-state index is -0.0322. The number of anilines is 1. The lowest BCUT2D eigenvalue weighted by Gasteiger charge is -2.16. The van der Waals surface area contributed by atoms with E-state index in [1.54, 1.807) is 28.6 Å². The Morgan fingerprint density at radius 1 is 1.10 bits per heavy atom. The van der Waals surface area contributed by atoms with E-state index in [0.717, 1.165) is 27.7 Å². The molecule has 4 aromatic rings. The monoisotopic (exact) mass is 401 g/mol. The molecule has 6 nitrogen and oxygen atoms in total. The first-order chi connectivity index (χ1) is 14.1. The standard InChI is InChI=1S/C22H19N5OS/c1-14(2)26-10-8-23-20(26)18-4-3-5-19(25-18)27-13-16-7-6-15(12-17(16)22(27)28)21-24-9-11-29-21/h3-12,14H,13H2,1-2H3. The van der Waals surface area contributed by atoms with Gasteiger partial charge in [0.1, 0.15) is 16.5 Å². The number of hydrogen-bond acceptors (Lipinski definition) is 5. The third kappa shape index (κ3) is 3.03. The van der Waals surface area contributed by atoms with Crippen LogP contribution in [-0.2, 0) is 6.54 Å². The van der Waals surface area contributed by atoms with Crippen molar-refractivity contribution in [1.29, 1.82) is 0 Å². The van der Waals surface area contributed by atoms with Crippen LogP contribution in [0, 0.1) is 0 Å². The first-order valence-corrected chi connectivity index (χ1v) is 10.3. The minimum Gasteiger partial charge on any atom is -0.327 e. The van der Waals surface area contributed by atoms with Crippen LogP contribution in [0.2, 0.25) is 0 Å². The molecule has 0 radical (unpaired) electrons. The van der Waals surface area contributed by atoms with Crippen molar-refractivity contribution in [3.8, 4) is 22.1 Å². The Kier molecular flexibility index (Phi) is 4.24. The summed E-state index contributed by atoms with van der Waals surface area (Å²) in [4.78, 5) is 28.4. The van der Waals surface area contributed by atoms with Gasteiger partial charge in [-0.2, -0.15) is 0 Å². The quantitative estimate of drug-likeness (QED) is 0.492. The van der Waals surface area contributed by atoms with E-state index in [2.05, 4.69) is 28.4 Å². The van der Waals surface area contributed by atoms with Crippen LogP contribution in [0.25, 0.3) is 22.1 Å². The van der Waals surface area contributed by atoms with E-state index in [-0.39, 0.29) is 11.9 Å². The van der Waals surface area contributed by atoms with Crippen molar-refractivity contribution in [2.75, 3.05) is 4.90 Å². The summed E-state index contributed by atoms with van der Waals surface area (Å²) >= 11 is 1.57. The summed E-state index contributed by atoms with van der Waals surface area (Å²) in [5.41, 5.74) is 3.45. The summed E-state index contributed by atoms with van der Waals surface area (Å²) in [5.74, 6) is 1.41. The molecular weight excluding hydrogens is 382 g/mol. The van der Waals surface area contributed by atoms with Crippen LogP contribution in [0.15, 0.2) is 60.4 Å². The molecule has 1 aliphatic rings. The second kappa shape index (κ2) is 6.93. The Morgan fingerprint density at radius 2 is 2.00 bits per heavy atom. The average Bonchev–Trinajstić information content (AvgIpc) is 3.48. The number of nitrogens with zero attached hydrogens (tertiary/aromatic N) is 5. The summed E-state index contributed by atoms with van der Waals surface area (Å²) in [6.07, 6.45) is 5.50. The zero-order chi connectivity index (χ0) is 20.0. The molecular formula is C22H19N5OS. The molecule has 0 fully saturated rings. The Bertz CT molecular complexity index is 1200. The smallest absolute Gasteiger partial charge is 0.260 e. The van der Waals surface area contributed by atoms with E-state index >= 15 is 0 Å². The molecule has 7 heteroatoms. The van der Waals surface area contributed by atoms with Crippen molar-refractivity contribution in [3.63, 3.8) is 0 Å². The fraction of sp³-hybridized carbons (Fsp3) is 0.182. The van der Waals surface area contributed by atoms with Gasteiger partial charge < -0.3 is 4.57 Å². The van der Waals surface area contributed by atoms with E-state index in [1.807, 2.05) is 48.0 Å². The number of imidazole rings is 1. The van der Waals surface area contributed by atoms with Gasteiger partial charge in [-0.1, -0.05) is 18.2 Å². The highest BCUT2D eigenvalue weighted by Crippen LogP contribution is 2.32. The van der Waals surface area contributed by atoms with Gasteiger partial charge in [0.25, 0.3) is 5.91 Å². The van der Waals surface area contributed by atoms with Gasteiger partial charge in [-0.05, 0) is 37.6 Å². The first kappa shape index (κ1) is 17.8. The molecule has 0 bridgehead atoms. The molecule has 0 aliphatic carbocycles. The number of amides is 1. The maximum atomic E-state index is 13.1. The average molecular weight is 401 g/mol. The first-order valence-electron chi connectivity index (χ1n) is 9.47. The summed E-state index contributed by atoms with van der Waals surface area (Å²) in [6, 6.07) is 12.0. The predicted octanol–water partition coefficient (Wildman–Crippen LogP) is 4.81. The van der Waals surface area contributed by atoms with Gasteiger partial charge in [0.2, 0.25) is 0 Å². The molecule has 1 aromatic carbocycles. The predicted molar refractivity (Wildman–Crippen MR) is 114 cm³/mol. The van der Waals surface area contributed by atoms with Crippen LogP contribution >= 0.6 is 11.3 Å². The molecule has 0 saturated heterocycles. The number of hydrogen-bond donors (Lipinski definition) is 0. The van der Waals surface area contributed by atoms with Crippen molar-refractivity contribution < 1.29 is 4.79 Å². The highest BCUT2D eigenvalue weighted by atomic mass is 32.1. The fourth-order valence-electron chi connectivity index (χ4n) is 3.61. The number of carbonyl (C=O) groups is 1. The van der Waals surface area contributed by atoms with E-state index in [0.29, 0.717) is 17.9 Å². The number of carbonyl (C=O) groups excluding carboxylic acids is 1. The van der Waals surface area contributed by atoms with E-state index < -0.39 is 0 Å². The van der Waals surface area contributed by atoms with Crippen LogP contribution in [0.3, 0.4) is 0 Å². The normalized spacial score (nSPS) is 13.3. The SMILES string of the molecule is CC(C)n1ccnc1-c1cccc(N2Cc3ccc(-c4nccs4)cc3C2=O)n1. The molecule has 0 unspecified atom stereocenters. The van der Waals surface area contributed by atoms with Gasteiger partial charge in [0.15, 0.2) is 5.82 Å². The molecule has 0 spiro atoms. The molecule has 0 atom stereocenters. The fourth-order valence-corrected chi connectivity index (χ4v) is 4.25. The van der Waals surface area contributed by atoms with Crippen molar-refractivity contribution in [1.82, 2.24) is 19.5 Å². The lowest BCUT2D eigenvalue weighted by Crippen LogP contribution is -2.24. The molecule has 5 rings (SSSR count). The topological polar surface area (TPSA) is 63.9 Å².